The quantitative estimate of drug-likeness (QED) is 0.504. The highest BCUT2D eigenvalue weighted by Crippen LogP contribution is 2.57. The van der Waals surface area contributed by atoms with Crippen LogP contribution in [0.1, 0.15) is 70.4 Å². The number of hydrogen-bond donors (Lipinski definition) is 3. The van der Waals surface area contributed by atoms with Crippen molar-refractivity contribution in [3.05, 3.63) is 33.8 Å². The van der Waals surface area contributed by atoms with E-state index in [4.69, 9.17) is 5.73 Å². The second-order valence-corrected chi connectivity index (χ2v) is 13.0. The number of aryl methyl sites for hydroxylation is 1. The minimum absolute atomic E-state index is 0.0145. The molecule has 2 amide bonds. The van der Waals surface area contributed by atoms with Crippen molar-refractivity contribution >= 4 is 27.7 Å². The van der Waals surface area contributed by atoms with Crippen molar-refractivity contribution in [1.82, 2.24) is 15.5 Å². The van der Waals surface area contributed by atoms with Crippen molar-refractivity contribution < 1.29 is 9.59 Å². The molecule has 0 radical (unpaired) electrons. The predicted octanol–water partition coefficient (Wildman–Crippen LogP) is 3.25. The second kappa shape index (κ2) is 8.90. The summed E-state index contributed by atoms with van der Waals surface area (Å²) in [7, 11) is 0. The molecule has 2 saturated carbocycles. The zero-order valence-corrected chi connectivity index (χ0v) is 22.3. The largest absolute Gasteiger partial charge is 0.351 e. The zero-order valence-electron chi connectivity index (χ0n) is 20.7. The summed E-state index contributed by atoms with van der Waals surface area (Å²) in [5, 5.41) is 6.81. The number of halogens is 1. The Kier molecular flexibility index (Phi) is 6.35. The third-order valence-electron chi connectivity index (χ3n) is 8.57. The molecule has 4 aliphatic rings. The van der Waals surface area contributed by atoms with Crippen LogP contribution in [0.3, 0.4) is 0 Å². The van der Waals surface area contributed by atoms with Gasteiger partial charge in [0.05, 0.1) is 6.04 Å². The van der Waals surface area contributed by atoms with E-state index in [1.54, 1.807) is 0 Å². The molecule has 0 bridgehead atoms. The van der Waals surface area contributed by atoms with E-state index in [1.807, 2.05) is 4.90 Å². The molecule has 4 N–H and O–H groups in total. The maximum atomic E-state index is 13.7. The molecule has 1 aliphatic heterocycles. The van der Waals surface area contributed by atoms with E-state index in [-0.39, 0.29) is 46.8 Å². The fourth-order valence-electron chi connectivity index (χ4n) is 6.26. The van der Waals surface area contributed by atoms with Gasteiger partial charge in [0.25, 0.3) is 0 Å². The molecule has 1 spiro atoms. The average Bonchev–Trinajstić information content (AvgIpc) is 3.64. The summed E-state index contributed by atoms with van der Waals surface area (Å²) in [6, 6.07) is 6.08. The molecular formula is C27H39BrN4O2. The number of benzene rings is 1. The van der Waals surface area contributed by atoms with Crippen molar-refractivity contribution in [3.8, 4) is 0 Å². The standard InChI is InChI=1S/C27H39BrN4O2/c1-26(2,3)23(30-15-20(29)16-6-7-16)25(34)32-12-4-5-21(32)24(33)31-22-14-27(22)11-10-17-13-18(28)8-9-19(17)27/h8-9,13,16,20-23,30H,4-7,10-12,14-15,29H2,1-3H3,(H,31,33)/t20?,21-,22?,23+,27?/m0/s1. The van der Waals surface area contributed by atoms with Gasteiger partial charge in [0.15, 0.2) is 0 Å². The summed E-state index contributed by atoms with van der Waals surface area (Å²) in [5.74, 6) is 0.636. The van der Waals surface area contributed by atoms with Crippen LogP contribution < -0.4 is 16.4 Å². The van der Waals surface area contributed by atoms with Crippen LogP contribution in [0.25, 0.3) is 0 Å². The van der Waals surface area contributed by atoms with Crippen molar-refractivity contribution in [1.29, 1.82) is 0 Å². The minimum Gasteiger partial charge on any atom is -0.351 e. The number of carbonyl (C=O) groups is 2. The van der Waals surface area contributed by atoms with Gasteiger partial charge >= 0.3 is 0 Å². The van der Waals surface area contributed by atoms with Gasteiger partial charge in [-0.15, -0.1) is 0 Å². The molecular weight excluding hydrogens is 492 g/mol. The lowest BCUT2D eigenvalue weighted by Gasteiger charge is -2.36. The summed E-state index contributed by atoms with van der Waals surface area (Å²) >= 11 is 3.58. The fraction of sp³-hybridized carbons (Fsp3) is 0.704. The summed E-state index contributed by atoms with van der Waals surface area (Å²) < 4.78 is 1.12. The van der Waals surface area contributed by atoms with Crippen molar-refractivity contribution in [3.63, 3.8) is 0 Å². The van der Waals surface area contributed by atoms with Crippen LogP contribution in [0, 0.1) is 11.3 Å². The SMILES string of the molecule is CC(C)(C)[C@H](NCC(N)C1CC1)C(=O)N1CCC[C@H]1C(=O)NC1CC12CCc1cc(Br)ccc12. The number of rotatable bonds is 7. The molecule has 3 aliphatic carbocycles. The molecule has 5 rings (SSSR count). The highest BCUT2D eigenvalue weighted by molar-refractivity contribution is 9.10. The fourth-order valence-corrected chi connectivity index (χ4v) is 6.67. The molecule has 186 valence electrons. The van der Waals surface area contributed by atoms with Gasteiger partial charge in [0, 0.05) is 35.1 Å². The van der Waals surface area contributed by atoms with Crippen LogP contribution >= 0.6 is 15.9 Å². The molecule has 3 fully saturated rings. The Morgan fingerprint density at radius 1 is 1.26 bits per heavy atom. The summed E-state index contributed by atoms with van der Waals surface area (Å²) in [6.45, 7) is 7.54. The highest BCUT2D eigenvalue weighted by Gasteiger charge is 2.59. The average molecular weight is 532 g/mol. The highest BCUT2D eigenvalue weighted by atomic mass is 79.9. The van der Waals surface area contributed by atoms with Crippen LogP contribution in [0.2, 0.25) is 0 Å². The Balaban J connectivity index is 1.23. The maximum absolute atomic E-state index is 13.7. The third-order valence-corrected chi connectivity index (χ3v) is 9.07. The number of hydrogen-bond acceptors (Lipinski definition) is 4. The van der Waals surface area contributed by atoms with E-state index in [0.717, 1.165) is 36.6 Å². The molecule has 7 heteroatoms. The molecule has 1 saturated heterocycles. The monoisotopic (exact) mass is 530 g/mol. The molecule has 1 aromatic carbocycles. The van der Waals surface area contributed by atoms with Crippen molar-refractivity contribution in [2.45, 2.75) is 95.3 Å². The molecule has 34 heavy (non-hydrogen) atoms. The molecule has 1 aromatic rings. The number of amides is 2. The first kappa shape index (κ1) is 24.3. The third kappa shape index (κ3) is 4.56. The predicted molar refractivity (Wildman–Crippen MR) is 137 cm³/mol. The van der Waals surface area contributed by atoms with E-state index in [9.17, 15) is 9.59 Å². The Bertz CT molecular complexity index is 972. The number of nitrogens with one attached hydrogen (secondary N) is 2. The lowest BCUT2D eigenvalue weighted by molar-refractivity contribution is -0.142. The van der Waals surface area contributed by atoms with E-state index >= 15 is 0 Å². The second-order valence-electron chi connectivity index (χ2n) is 12.1. The summed E-state index contributed by atoms with van der Waals surface area (Å²) in [6.07, 6.45) is 7.14. The van der Waals surface area contributed by atoms with Crippen LogP contribution in [-0.2, 0) is 21.4 Å². The Morgan fingerprint density at radius 3 is 2.74 bits per heavy atom. The minimum atomic E-state index is -0.375. The zero-order chi connectivity index (χ0) is 24.3. The Morgan fingerprint density at radius 2 is 2.03 bits per heavy atom. The van der Waals surface area contributed by atoms with Crippen molar-refractivity contribution in [2.24, 2.45) is 17.1 Å². The van der Waals surface area contributed by atoms with Crippen LogP contribution in [0.4, 0.5) is 0 Å². The van der Waals surface area contributed by atoms with Gasteiger partial charge in [-0.3, -0.25) is 9.59 Å². The smallest absolute Gasteiger partial charge is 0.243 e. The number of nitrogens with zero attached hydrogens (tertiary/aromatic N) is 1. The van der Waals surface area contributed by atoms with E-state index in [1.165, 1.54) is 24.0 Å². The first-order chi connectivity index (χ1) is 16.1. The van der Waals surface area contributed by atoms with Gasteiger partial charge in [-0.25, -0.2) is 0 Å². The van der Waals surface area contributed by atoms with Crippen LogP contribution in [0.15, 0.2) is 22.7 Å². The Hall–Kier alpha value is -1.44. The van der Waals surface area contributed by atoms with Gasteiger partial charge in [0.1, 0.15) is 6.04 Å². The van der Waals surface area contributed by atoms with E-state index < -0.39 is 0 Å². The first-order valence-electron chi connectivity index (χ1n) is 13.0. The first-order valence-corrected chi connectivity index (χ1v) is 13.8. The lowest BCUT2D eigenvalue weighted by Crippen LogP contribution is -2.58. The van der Waals surface area contributed by atoms with Gasteiger partial charge in [-0.05, 0) is 79.5 Å². The maximum Gasteiger partial charge on any atom is 0.243 e. The molecule has 6 nitrogen and oxygen atoms in total. The number of nitrogens with two attached hydrogens (primary N) is 1. The van der Waals surface area contributed by atoms with Gasteiger partial charge in [-0.2, -0.15) is 0 Å². The Labute approximate surface area is 211 Å². The topological polar surface area (TPSA) is 87.5 Å². The summed E-state index contributed by atoms with van der Waals surface area (Å²) in [5.41, 5.74) is 8.93. The summed E-state index contributed by atoms with van der Waals surface area (Å²) in [4.78, 5) is 28.9. The van der Waals surface area contributed by atoms with Gasteiger partial charge in [0.2, 0.25) is 11.8 Å². The van der Waals surface area contributed by atoms with Crippen molar-refractivity contribution in [2.75, 3.05) is 13.1 Å². The van der Waals surface area contributed by atoms with Crippen LogP contribution in [0.5, 0.6) is 0 Å². The van der Waals surface area contributed by atoms with Crippen LogP contribution in [-0.4, -0.2) is 54.0 Å². The van der Waals surface area contributed by atoms with Gasteiger partial charge < -0.3 is 21.3 Å². The van der Waals surface area contributed by atoms with E-state index in [0.29, 0.717) is 19.0 Å². The van der Waals surface area contributed by atoms with Gasteiger partial charge in [-0.1, -0.05) is 42.8 Å². The molecule has 5 atom stereocenters. The molecule has 0 aromatic heterocycles. The van der Waals surface area contributed by atoms with E-state index in [2.05, 4.69) is 65.5 Å². The normalized spacial score (nSPS) is 29.7. The molecule has 1 heterocycles. The number of likely N-dealkylation sites (tertiary alicyclic amines) is 1. The number of carbonyl (C=O) groups excluding carboxylic acids is 2. The number of fused-ring (bicyclic) bond motifs is 2. The lowest BCUT2D eigenvalue weighted by atomic mass is 9.85. The molecule has 3 unspecified atom stereocenters.